The Morgan fingerprint density at radius 2 is 2.00 bits per heavy atom. The van der Waals surface area contributed by atoms with E-state index >= 15 is 0 Å². The van der Waals surface area contributed by atoms with Gasteiger partial charge in [-0.1, -0.05) is 0 Å². The minimum atomic E-state index is -1.15. The monoisotopic (exact) mass is 369 g/mol. The number of nitrogens with one attached hydrogen (secondary N) is 1. The molecule has 0 aromatic carbocycles. The van der Waals surface area contributed by atoms with Crippen molar-refractivity contribution in [1.82, 2.24) is 5.32 Å². The van der Waals surface area contributed by atoms with Gasteiger partial charge in [-0.05, 0) is 27.2 Å². The normalized spacial score (nSPS) is 11.4. The van der Waals surface area contributed by atoms with Crippen LogP contribution in [0, 0.1) is 6.92 Å². The summed E-state index contributed by atoms with van der Waals surface area (Å²) in [6.07, 6.45) is -0.988. The van der Waals surface area contributed by atoms with Crippen molar-refractivity contribution in [3.63, 3.8) is 0 Å². The zero-order valence-electron chi connectivity index (χ0n) is 14.5. The number of amides is 1. The lowest BCUT2D eigenvalue weighted by atomic mass is 10.1. The first-order valence-corrected chi connectivity index (χ1v) is 7.66. The topological polar surface area (TPSA) is 161 Å². The highest BCUT2D eigenvalue weighted by Gasteiger charge is 2.25. The summed E-state index contributed by atoms with van der Waals surface area (Å²) in [6.45, 7) is 4.32. The van der Waals surface area contributed by atoms with Crippen molar-refractivity contribution in [1.29, 1.82) is 0 Å². The van der Waals surface area contributed by atoms with Gasteiger partial charge in [0.25, 0.3) is 0 Å². The Hall–Kier alpha value is -3.20. The van der Waals surface area contributed by atoms with Crippen LogP contribution in [0.15, 0.2) is 13.6 Å². The Morgan fingerprint density at radius 3 is 2.54 bits per heavy atom. The molecule has 0 fully saturated rings. The molecule has 0 unspecified atom stereocenters. The van der Waals surface area contributed by atoms with Gasteiger partial charge in [0, 0.05) is 6.42 Å². The summed E-state index contributed by atoms with van der Waals surface area (Å²) < 4.78 is 19.2. The molecule has 1 rings (SSSR count). The fourth-order valence-corrected chi connectivity index (χ4v) is 1.80. The minimum Gasteiger partial charge on any atom is -0.461 e. The van der Waals surface area contributed by atoms with E-state index in [1.807, 2.05) is 0 Å². The summed E-state index contributed by atoms with van der Waals surface area (Å²) in [5.74, 6) is -2.03. The molecule has 11 nitrogen and oxygen atoms in total. The molecule has 142 valence electrons. The Bertz CT molecular complexity index is 757. The van der Waals surface area contributed by atoms with E-state index in [9.17, 15) is 19.2 Å². The van der Waals surface area contributed by atoms with Crippen molar-refractivity contribution < 1.29 is 37.5 Å². The fourth-order valence-electron chi connectivity index (χ4n) is 1.80. The van der Waals surface area contributed by atoms with Crippen molar-refractivity contribution >= 4 is 24.1 Å². The largest absolute Gasteiger partial charge is 0.519 e. The standard InChI is InChI=1S/C15H19N3O8/c1-8(2)24-13(20)11(5-4-10(19)6-17-16)18-14(21)23-7-12-9(3)25-15(22)26-12/h6,8,11H,4-5,7H2,1-3H3,(H,18,21)/t11-/m0/s1. The highest BCUT2D eigenvalue weighted by Crippen LogP contribution is 2.08. The van der Waals surface area contributed by atoms with Crippen molar-refractivity contribution in [2.45, 2.75) is 52.4 Å². The molecule has 0 bridgehead atoms. The van der Waals surface area contributed by atoms with Crippen LogP contribution in [0.4, 0.5) is 4.79 Å². The van der Waals surface area contributed by atoms with Crippen LogP contribution in [-0.4, -0.2) is 41.0 Å². The molecule has 1 heterocycles. The van der Waals surface area contributed by atoms with Crippen LogP contribution >= 0.6 is 0 Å². The molecule has 11 heteroatoms. The second-order valence-electron chi connectivity index (χ2n) is 5.44. The van der Waals surface area contributed by atoms with Crippen LogP contribution in [0.2, 0.25) is 0 Å². The number of aryl methyl sites for hydroxylation is 1. The molecule has 0 radical (unpaired) electrons. The van der Waals surface area contributed by atoms with Gasteiger partial charge in [-0.3, -0.25) is 4.79 Å². The predicted molar refractivity (Wildman–Crippen MR) is 84.2 cm³/mol. The first-order chi connectivity index (χ1) is 12.2. The van der Waals surface area contributed by atoms with E-state index in [2.05, 4.69) is 18.9 Å². The molecule has 0 saturated heterocycles. The van der Waals surface area contributed by atoms with E-state index in [0.717, 1.165) is 0 Å². The van der Waals surface area contributed by atoms with E-state index in [-0.39, 0.29) is 31.0 Å². The van der Waals surface area contributed by atoms with E-state index in [1.54, 1.807) is 13.8 Å². The molecular formula is C15H19N3O8. The van der Waals surface area contributed by atoms with Gasteiger partial charge in [-0.15, -0.1) is 0 Å². The molecule has 26 heavy (non-hydrogen) atoms. The highest BCUT2D eigenvalue weighted by molar-refractivity contribution is 6.25. The lowest BCUT2D eigenvalue weighted by Crippen LogP contribution is -2.43. The Balaban J connectivity index is 2.66. The van der Waals surface area contributed by atoms with Gasteiger partial charge in [0.15, 0.2) is 18.1 Å². The summed E-state index contributed by atoms with van der Waals surface area (Å²) in [5, 5.41) is 2.27. The maximum Gasteiger partial charge on any atom is 0.519 e. The maximum atomic E-state index is 12.0. The van der Waals surface area contributed by atoms with E-state index in [0.29, 0.717) is 6.21 Å². The second-order valence-corrected chi connectivity index (χ2v) is 5.44. The minimum absolute atomic E-state index is 0.0285. The number of ketones is 1. The van der Waals surface area contributed by atoms with Crippen molar-refractivity contribution in [2.75, 3.05) is 0 Å². The highest BCUT2D eigenvalue weighted by atomic mass is 16.6. The molecule has 0 saturated carbocycles. The van der Waals surface area contributed by atoms with Gasteiger partial charge in [-0.25, -0.2) is 14.4 Å². The molecule has 1 atom stereocenters. The first kappa shape index (κ1) is 20.8. The van der Waals surface area contributed by atoms with Gasteiger partial charge < -0.3 is 29.2 Å². The van der Waals surface area contributed by atoms with Gasteiger partial charge in [0.1, 0.15) is 6.04 Å². The van der Waals surface area contributed by atoms with Crippen LogP contribution in [0.3, 0.4) is 0 Å². The second kappa shape index (κ2) is 9.94. The number of hydrogen-bond acceptors (Lipinski definition) is 8. The number of ether oxygens (including phenoxy) is 2. The van der Waals surface area contributed by atoms with E-state index in [4.69, 9.17) is 15.0 Å². The van der Waals surface area contributed by atoms with Gasteiger partial charge >= 0.3 is 24.1 Å². The molecule has 1 aromatic heterocycles. The summed E-state index contributed by atoms with van der Waals surface area (Å²) >= 11 is 0. The summed E-state index contributed by atoms with van der Waals surface area (Å²) in [7, 11) is 0. The number of esters is 1. The third kappa shape index (κ3) is 7.14. The number of rotatable bonds is 9. The molecule has 0 aliphatic heterocycles. The van der Waals surface area contributed by atoms with Gasteiger partial charge in [0.05, 0.1) is 6.10 Å². The van der Waals surface area contributed by atoms with Crippen LogP contribution < -0.4 is 11.1 Å². The molecule has 0 spiro atoms. The molecule has 0 aliphatic rings. The van der Waals surface area contributed by atoms with Crippen LogP contribution in [0.25, 0.3) is 5.53 Å². The zero-order valence-corrected chi connectivity index (χ0v) is 14.5. The lowest BCUT2D eigenvalue weighted by molar-refractivity contribution is -0.150. The van der Waals surface area contributed by atoms with Crippen LogP contribution in [0.1, 0.15) is 38.2 Å². The average molecular weight is 369 g/mol. The number of carbonyl (C=O) groups is 3. The third-order valence-electron chi connectivity index (χ3n) is 2.98. The predicted octanol–water partition coefficient (Wildman–Crippen LogP) is 0.738. The third-order valence-corrected chi connectivity index (χ3v) is 2.98. The Kier molecular flexibility index (Phi) is 7.97. The average Bonchev–Trinajstić information content (AvgIpc) is 2.86. The molecule has 0 aliphatic carbocycles. The number of carbonyl (C=O) groups excluding carboxylic acids is 3. The molecular weight excluding hydrogens is 350 g/mol. The van der Waals surface area contributed by atoms with Gasteiger partial charge in [-0.2, -0.15) is 4.79 Å². The Morgan fingerprint density at radius 1 is 1.31 bits per heavy atom. The number of nitrogens with zero attached hydrogens (tertiary/aromatic N) is 2. The van der Waals surface area contributed by atoms with Crippen LogP contribution in [-0.2, 0) is 25.7 Å². The lowest BCUT2D eigenvalue weighted by Gasteiger charge is -2.18. The van der Waals surface area contributed by atoms with Gasteiger partial charge in [0.2, 0.25) is 5.78 Å². The fraction of sp³-hybridized carbons (Fsp3) is 0.533. The van der Waals surface area contributed by atoms with E-state index < -0.39 is 35.8 Å². The zero-order chi connectivity index (χ0) is 19.7. The summed E-state index contributed by atoms with van der Waals surface area (Å²) in [6, 6.07) is -1.15. The van der Waals surface area contributed by atoms with Crippen molar-refractivity contribution in [2.24, 2.45) is 0 Å². The smallest absolute Gasteiger partial charge is 0.461 e. The number of alkyl carbamates (subject to hydrolysis) is 1. The molecule has 1 amide bonds. The van der Waals surface area contributed by atoms with E-state index in [1.165, 1.54) is 6.92 Å². The summed E-state index contributed by atoms with van der Waals surface area (Å²) in [5.41, 5.74) is 8.31. The number of hydrogen-bond donors (Lipinski definition) is 1. The van der Waals surface area contributed by atoms with Crippen molar-refractivity contribution in [3.8, 4) is 0 Å². The molecule has 1 N–H and O–H groups in total. The SMILES string of the molecule is Cc1oc(=O)oc1COC(=O)N[C@@H](CCC(=O)C=[N+]=[N-])C(=O)OC(C)C. The van der Waals surface area contributed by atoms with Crippen LogP contribution in [0.5, 0.6) is 0 Å². The first-order valence-electron chi connectivity index (χ1n) is 7.66. The Labute approximate surface area is 147 Å². The van der Waals surface area contributed by atoms with Crippen molar-refractivity contribution in [3.05, 3.63) is 27.7 Å². The quantitative estimate of drug-likeness (QED) is 0.288. The molecule has 1 aromatic rings. The summed E-state index contributed by atoms with van der Waals surface area (Å²) in [4.78, 5) is 48.8. The number of Topliss-reactive ketones (excluding diaryl/α,β-unsaturated/α-hetero) is 1. The maximum absolute atomic E-state index is 12.0.